The van der Waals surface area contributed by atoms with Crippen LogP contribution in [0.25, 0.3) is 0 Å². The van der Waals surface area contributed by atoms with Gasteiger partial charge in [-0.25, -0.2) is 0 Å². The number of aromatic hydroxyl groups is 8. The summed E-state index contributed by atoms with van der Waals surface area (Å²) in [4.78, 5) is 18.9. The van der Waals surface area contributed by atoms with Crippen LogP contribution >= 0.6 is 0 Å². The summed E-state index contributed by atoms with van der Waals surface area (Å²) in [7, 11) is 17.4. The fourth-order valence-electron chi connectivity index (χ4n) is 5.44. The summed E-state index contributed by atoms with van der Waals surface area (Å²) in [6.07, 6.45) is 0. The van der Waals surface area contributed by atoms with Crippen LogP contribution in [0.4, 0.5) is 0 Å². The quantitative estimate of drug-likeness (QED) is 0.119. The van der Waals surface area contributed by atoms with Gasteiger partial charge in [-0.15, -0.1) is 0 Å². The summed E-state index contributed by atoms with van der Waals surface area (Å²) in [5, 5.41) is 69.2. The number of piperazine rings is 4. The lowest BCUT2D eigenvalue weighted by Crippen LogP contribution is -2.42. The van der Waals surface area contributed by atoms with Gasteiger partial charge in [-0.05, 0) is 153 Å². The Labute approximate surface area is 383 Å². The molecule has 4 fully saturated rings. The maximum atomic E-state index is 8.65. The molecule has 0 unspecified atom stereocenters. The molecule has 0 bridgehead atoms. The van der Waals surface area contributed by atoms with Crippen molar-refractivity contribution in [3.8, 4) is 46.0 Å². The van der Waals surface area contributed by atoms with E-state index < -0.39 is 0 Å². The van der Waals surface area contributed by atoms with Crippen molar-refractivity contribution in [1.82, 2.24) is 39.2 Å². The number of hydrogen-bond donors (Lipinski definition) is 8. The van der Waals surface area contributed by atoms with E-state index in [2.05, 4.69) is 95.6 Å². The molecule has 64 heavy (non-hydrogen) atoms. The molecule has 0 saturated carbocycles. The van der Waals surface area contributed by atoms with Crippen LogP contribution in [0, 0.1) is 0 Å². The lowest BCUT2D eigenvalue weighted by Gasteiger charge is -2.28. The third-order valence-corrected chi connectivity index (χ3v) is 10.3. The number of phenolic OH excluding ortho intramolecular Hbond substituents is 8. The smallest absolute Gasteiger partial charge is 0.115 e. The van der Waals surface area contributed by atoms with E-state index in [4.69, 9.17) is 40.9 Å². The van der Waals surface area contributed by atoms with E-state index in [-0.39, 0.29) is 46.0 Å². The fourth-order valence-corrected chi connectivity index (χ4v) is 5.44. The van der Waals surface area contributed by atoms with Crippen molar-refractivity contribution in [2.45, 2.75) is 0 Å². The topological polar surface area (TPSA) is 188 Å². The Hall–Kier alpha value is -5.04. The van der Waals surface area contributed by atoms with Gasteiger partial charge in [0.25, 0.3) is 0 Å². The van der Waals surface area contributed by atoms with Crippen LogP contribution in [0.2, 0.25) is 0 Å². The highest BCUT2D eigenvalue weighted by Crippen LogP contribution is 2.15. The lowest BCUT2D eigenvalue weighted by atomic mass is 10.3. The predicted molar refractivity (Wildman–Crippen MR) is 259 cm³/mol. The first-order valence-corrected chi connectivity index (χ1v) is 21.7. The maximum Gasteiger partial charge on any atom is 0.115 e. The number of likely N-dealkylation sites (N-methyl/N-ethyl adjacent to an activating group) is 8. The van der Waals surface area contributed by atoms with Gasteiger partial charge in [-0.2, -0.15) is 0 Å². The Bertz CT molecular complexity index is 1300. The van der Waals surface area contributed by atoms with Gasteiger partial charge in [0.1, 0.15) is 46.0 Å². The highest BCUT2D eigenvalue weighted by atomic mass is 16.3. The first-order valence-electron chi connectivity index (χ1n) is 21.7. The molecule has 4 aliphatic rings. The Morgan fingerprint density at radius 2 is 0.250 bits per heavy atom. The van der Waals surface area contributed by atoms with Crippen molar-refractivity contribution in [2.24, 2.45) is 0 Å². The minimum absolute atomic E-state index is 0.169. The van der Waals surface area contributed by atoms with Gasteiger partial charge in [0.05, 0.1) is 0 Å². The Morgan fingerprint density at radius 3 is 0.312 bits per heavy atom. The molecule has 4 heterocycles. The summed E-state index contributed by atoms with van der Waals surface area (Å²) in [6.45, 7) is 19.7. The zero-order valence-corrected chi connectivity index (χ0v) is 39.7. The molecule has 0 radical (unpaired) electrons. The van der Waals surface area contributed by atoms with E-state index in [0.29, 0.717) is 0 Å². The normalized spacial score (nSPS) is 17.6. The number of rotatable bonds is 0. The molecule has 0 amide bonds. The second kappa shape index (κ2) is 33.5. The van der Waals surface area contributed by atoms with Gasteiger partial charge in [0, 0.05) is 105 Å². The molecule has 360 valence electrons. The molecule has 0 spiro atoms. The number of benzene rings is 4. The number of nitrogens with zero attached hydrogens (tertiary/aromatic N) is 8. The molecule has 16 heteroatoms. The average Bonchev–Trinajstić information content (AvgIpc) is 3.28. The standard InChI is InChI=1S/4C6H14N2.4C6H6O2/c4*1-7-3-5-8(2)6-4-7;4*7-5-1-2-6(8)4-3-5/h4*3-6H2,1-2H3;4*1-4,7-8H. The van der Waals surface area contributed by atoms with Crippen LogP contribution in [-0.4, -0.2) is 241 Å². The van der Waals surface area contributed by atoms with Crippen molar-refractivity contribution in [2.75, 3.05) is 161 Å². The van der Waals surface area contributed by atoms with Crippen LogP contribution in [0.5, 0.6) is 46.0 Å². The van der Waals surface area contributed by atoms with Gasteiger partial charge >= 0.3 is 0 Å². The van der Waals surface area contributed by atoms with Crippen LogP contribution in [-0.2, 0) is 0 Å². The van der Waals surface area contributed by atoms with Gasteiger partial charge in [-0.3, -0.25) is 0 Å². The molecule has 8 N–H and O–H groups in total. The van der Waals surface area contributed by atoms with Crippen molar-refractivity contribution >= 4 is 0 Å². The van der Waals surface area contributed by atoms with Crippen molar-refractivity contribution in [3.05, 3.63) is 97.1 Å². The average molecular weight is 897 g/mol. The van der Waals surface area contributed by atoms with Gasteiger partial charge in [0.2, 0.25) is 0 Å². The summed E-state index contributed by atoms with van der Waals surface area (Å²) < 4.78 is 0. The Kier molecular flexibility index (Phi) is 29.8. The molecule has 16 nitrogen and oxygen atoms in total. The molecular formula is C48H80N8O8. The Balaban J connectivity index is 0.000000366. The van der Waals surface area contributed by atoms with Crippen LogP contribution in [0.15, 0.2) is 97.1 Å². The molecule has 0 atom stereocenters. The van der Waals surface area contributed by atoms with E-state index in [1.54, 1.807) is 0 Å². The molecule has 4 aliphatic heterocycles. The lowest BCUT2D eigenvalue weighted by molar-refractivity contribution is 0.181. The largest absolute Gasteiger partial charge is 0.508 e. The maximum absolute atomic E-state index is 8.65. The zero-order valence-electron chi connectivity index (χ0n) is 39.7. The Morgan fingerprint density at radius 1 is 0.188 bits per heavy atom. The third-order valence-electron chi connectivity index (χ3n) is 10.3. The van der Waals surface area contributed by atoms with Gasteiger partial charge in [0.15, 0.2) is 0 Å². The second-order valence-corrected chi connectivity index (χ2v) is 16.5. The SMILES string of the molecule is CN1CCN(C)CC1.CN1CCN(C)CC1.CN1CCN(C)CC1.CN1CCN(C)CC1.Oc1ccc(O)cc1.Oc1ccc(O)cc1.Oc1ccc(O)cc1.Oc1ccc(O)cc1. The number of phenols is 8. The van der Waals surface area contributed by atoms with Crippen molar-refractivity contribution < 1.29 is 40.9 Å². The second-order valence-electron chi connectivity index (χ2n) is 16.5. The van der Waals surface area contributed by atoms with Crippen molar-refractivity contribution in [1.29, 1.82) is 0 Å². The minimum Gasteiger partial charge on any atom is -0.508 e. The fraction of sp³-hybridized carbons (Fsp3) is 0.500. The van der Waals surface area contributed by atoms with E-state index in [1.807, 2.05) is 0 Å². The van der Waals surface area contributed by atoms with Crippen LogP contribution < -0.4 is 0 Å². The molecule has 0 aromatic heterocycles. The first-order chi connectivity index (χ1) is 30.3. The van der Waals surface area contributed by atoms with Crippen LogP contribution in [0.3, 0.4) is 0 Å². The first kappa shape index (κ1) is 57.0. The summed E-state index contributed by atoms with van der Waals surface area (Å²) >= 11 is 0. The molecule has 4 aromatic carbocycles. The summed E-state index contributed by atoms with van der Waals surface area (Å²) in [6, 6.07) is 22.8. The predicted octanol–water partition coefficient (Wildman–Crippen LogP) is 3.85. The molecule has 4 saturated heterocycles. The summed E-state index contributed by atoms with van der Waals surface area (Å²) in [5.74, 6) is 1.35. The van der Waals surface area contributed by atoms with Crippen molar-refractivity contribution in [3.63, 3.8) is 0 Å². The molecule has 8 rings (SSSR count). The van der Waals surface area contributed by atoms with Gasteiger partial charge < -0.3 is 80.1 Å². The molecular weight excluding hydrogens is 817 g/mol. The summed E-state index contributed by atoms with van der Waals surface area (Å²) in [5.41, 5.74) is 0. The van der Waals surface area contributed by atoms with E-state index >= 15 is 0 Å². The van der Waals surface area contributed by atoms with E-state index in [1.165, 1.54) is 202 Å². The monoisotopic (exact) mass is 897 g/mol. The van der Waals surface area contributed by atoms with E-state index in [9.17, 15) is 0 Å². The minimum atomic E-state index is 0.169. The highest BCUT2D eigenvalue weighted by molar-refractivity contribution is 5.30. The third kappa shape index (κ3) is 31.7. The molecule has 0 aliphatic carbocycles. The highest BCUT2D eigenvalue weighted by Gasteiger charge is 2.10. The zero-order chi connectivity index (χ0) is 47.9. The van der Waals surface area contributed by atoms with Gasteiger partial charge in [-0.1, -0.05) is 0 Å². The van der Waals surface area contributed by atoms with Crippen LogP contribution in [0.1, 0.15) is 0 Å². The number of hydrogen-bond acceptors (Lipinski definition) is 16. The van der Waals surface area contributed by atoms with E-state index in [0.717, 1.165) is 0 Å². The molecule has 4 aromatic rings.